The van der Waals surface area contributed by atoms with Gasteiger partial charge < -0.3 is 15.5 Å². The maximum Gasteiger partial charge on any atom is 0.220 e. The Bertz CT molecular complexity index is 1150. The van der Waals surface area contributed by atoms with E-state index in [0.29, 0.717) is 19.4 Å². The molecule has 1 saturated carbocycles. The van der Waals surface area contributed by atoms with Crippen molar-refractivity contribution in [2.75, 3.05) is 6.61 Å². The molecule has 2 aliphatic rings. The van der Waals surface area contributed by atoms with Crippen LogP contribution in [-0.2, 0) is 17.8 Å². The minimum Gasteiger partial charge on any atom is -0.396 e. The Hall–Kier alpha value is -2.06. The van der Waals surface area contributed by atoms with Gasteiger partial charge in [0.15, 0.2) is 0 Å². The summed E-state index contributed by atoms with van der Waals surface area (Å²) in [7, 11) is 0. The second kappa shape index (κ2) is 9.19. The van der Waals surface area contributed by atoms with Crippen LogP contribution in [0.4, 0.5) is 0 Å². The maximum absolute atomic E-state index is 13.2. The average molecular weight is 497 g/mol. The molecule has 2 aromatic heterocycles. The van der Waals surface area contributed by atoms with Crippen LogP contribution in [0.1, 0.15) is 54.5 Å². The van der Waals surface area contributed by atoms with Gasteiger partial charge in [-0.15, -0.1) is 22.7 Å². The van der Waals surface area contributed by atoms with E-state index >= 15 is 0 Å². The number of carbonyl (C=O) groups is 1. The van der Waals surface area contributed by atoms with Crippen molar-refractivity contribution in [3.05, 3.63) is 63.3 Å². The summed E-state index contributed by atoms with van der Waals surface area (Å²) in [5.74, 6) is 0.0365. The lowest BCUT2D eigenvalue weighted by atomic mass is 9.47. The number of rotatable bonds is 6. The van der Waals surface area contributed by atoms with Crippen LogP contribution in [0.3, 0.4) is 0 Å². The van der Waals surface area contributed by atoms with E-state index in [-0.39, 0.29) is 29.8 Å². The molecule has 5 unspecified atom stereocenters. The second-order valence-electron chi connectivity index (χ2n) is 10.3. The molecule has 0 aliphatic heterocycles. The molecule has 2 aliphatic carbocycles. The lowest BCUT2D eigenvalue weighted by Gasteiger charge is -2.58. The van der Waals surface area contributed by atoms with Crippen molar-refractivity contribution < 1.29 is 15.0 Å². The number of thiophene rings is 1. The third kappa shape index (κ3) is 4.02. The van der Waals surface area contributed by atoms with Gasteiger partial charge in [0.2, 0.25) is 5.91 Å². The highest BCUT2D eigenvalue weighted by Gasteiger charge is 2.59. The zero-order valence-electron chi connectivity index (χ0n) is 19.7. The molecule has 2 heterocycles. The van der Waals surface area contributed by atoms with Gasteiger partial charge in [0, 0.05) is 33.1 Å². The summed E-state index contributed by atoms with van der Waals surface area (Å²) in [5, 5.41) is 27.4. The molecule has 0 saturated heterocycles. The van der Waals surface area contributed by atoms with Gasteiger partial charge in [-0.2, -0.15) is 0 Å². The zero-order valence-corrected chi connectivity index (χ0v) is 21.3. The van der Waals surface area contributed by atoms with Gasteiger partial charge in [0.1, 0.15) is 5.01 Å². The van der Waals surface area contributed by atoms with Crippen molar-refractivity contribution in [2.45, 2.75) is 58.1 Å². The molecule has 1 aromatic carbocycles. The monoisotopic (exact) mass is 496 g/mol. The van der Waals surface area contributed by atoms with E-state index in [4.69, 9.17) is 4.98 Å². The van der Waals surface area contributed by atoms with Crippen molar-refractivity contribution >= 4 is 28.6 Å². The highest BCUT2D eigenvalue weighted by atomic mass is 32.1. The number of nitrogens with one attached hydrogen (secondary N) is 1. The lowest BCUT2D eigenvalue weighted by Crippen LogP contribution is -2.57. The van der Waals surface area contributed by atoms with Crippen LogP contribution in [0, 0.1) is 16.7 Å². The number of carbonyl (C=O) groups excluding carboxylic acids is 1. The molecule has 0 spiro atoms. The third-order valence-corrected chi connectivity index (χ3v) is 10.4. The molecular formula is C27H32N2O3S2. The molecule has 1 fully saturated rings. The molecule has 0 bridgehead atoms. The molecule has 180 valence electrons. The van der Waals surface area contributed by atoms with Gasteiger partial charge in [0.05, 0.1) is 24.9 Å². The lowest BCUT2D eigenvalue weighted by molar-refractivity contribution is -0.144. The number of amides is 1. The van der Waals surface area contributed by atoms with Crippen LogP contribution in [0.15, 0.2) is 47.8 Å². The molecule has 3 aromatic rings. The van der Waals surface area contributed by atoms with E-state index in [9.17, 15) is 15.0 Å². The first-order valence-corrected chi connectivity index (χ1v) is 13.7. The third-order valence-electron chi connectivity index (χ3n) is 8.34. The summed E-state index contributed by atoms with van der Waals surface area (Å²) in [6, 6.07) is 14.2. The number of nitrogens with zero attached hydrogens (tertiary/aromatic N) is 1. The quantitative estimate of drug-likeness (QED) is 0.449. The molecule has 5 rings (SSSR count). The number of aliphatic hydroxyl groups excluding tert-OH is 2. The number of thiazole rings is 1. The van der Waals surface area contributed by atoms with E-state index in [1.807, 2.05) is 42.6 Å². The molecule has 0 radical (unpaired) electrons. The molecule has 3 N–H and O–H groups in total. The summed E-state index contributed by atoms with van der Waals surface area (Å²) in [6.45, 7) is 4.73. The normalized spacial score (nSPS) is 30.4. The highest BCUT2D eigenvalue weighted by Crippen LogP contribution is 2.62. The summed E-state index contributed by atoms with van der Waals surface area (Å²) in [5.41, 5.74) is 1.28. The minimum atomic E-state index is -0.604. The Morgan fingerprint density at radius 2 is 2.00 bits per heavy atom. The SMILES string of the molecule is CC1(CO)C(O)CCC2(C)C(CC(=O)NCc3cccs3)c3nc(-c4ccccc4)sc3CC12. The van der Waals surface area contributed by atoms with Crippen LogP contribution in [0.5, 0.6) is 0 Å². The largest absolute Gasteiger partial charge is 0.396 e. The summed E-state index contributed by atoms with van der Waals surface area (Å²) >= 11 is 3.33. The smallest absolute Gasteiger partial charge is 0.220 e. The Morgan fingerprint density at radius 3 is 2.71 bits per heavy atom. The standard InChI is InChI=1S/C27H32N2O3S2/c1-26-11-10-22(31)27(2,16-30)21(26)14-20-24(29-25(34-20)17-7-4-3-5-8-17)19(26)13-23(32)28-15-18-9-6-12-33-18/h3-9,12,19,21-22,30-31H,10-11,13-16H2,1-2H3,(H,28,32). The van der Waals surface area contributed by atoms with E-state index in [1.54, 1.807) is 22.7 Å². The van der Waals surface area contributed by atoms with Crippen molar-refractivity contribution in [2.24, 2.45) is 16.7 Å². The average Bonchev–Trinajstić information content (AvgIpc) is 3.52. The molecule has 1 amide bonds. The molecular weight excluding hydrogens is 464 g/mol. The number of benzene rings is 1. The van der Waals surface area contributed by atoms with Crippen LogP contribution in [0.2, 0.25) is 0 Å². The van der Waals surface area contributed by atoms with Crippen molar-refractivity contribution in [1.29, 1.82) is 0 Å². The van der Waals surface area contributed by atoms with Gasteiger partial charge in [-0.25, -0.2) is 4.98 Å². The van der Waals surface area contributed by atoms with Crippen molar-refractivity contribution in [1.82, 2.24) is 10.3 Å². The first-order valence-electron chi connectivity index (χ1n) is 12.0. The highest BCUT2D eigenvalue weighted by molar-refractivity contribution is 7.15. The molecule has 34 heavy (non-hydrogen) atoms. The van der Waals surface area contributed by atoms with Gasteiger partial charge in [-0.3, -0.25) is 4.79 Å². The Morgan fingerprint density at radius 1 is 1.21 bits per heavy atom. The zero-order chi connectivity index (χ0) is 23.9. The Kier molecular flexibility index (Phi) is 6.40. The van der Waals surface area contributed by atoms with Crippen molar-refractivity contribution in [3.63, 3.8) is 0 Å². The van der Waals surface area contributed by atoms with Gasteiger partial charge >= 0.3 is 0 Å². The molecule has 5 atom stereocenters. The molecule has 7 heteroatoms. The summed E-state index contributed by atoms with van der Waals surface area (Å²) in [4.78, 5) is 20.6. The Balaban J connectivity index is 1.52. The van der Waals surface area contributed by atoms with Gasteiger partial charge in [-0.05, 0) is 42.0 Å². The predicted octanol–water partition coefficient (Wildman–Crippen LogP) is 4.99. The summed E-state index contributed by atoms with van der Waals surface area (Å²) in [6.07, 6.45) is 2.03. The fraction of sp³-hybridized carbons (Fsp3) is 0.481. The molecule has 5 nitrogen and oxygen atoms in total. The van der Waals surface area contributed by atoms with E-state index in [1.165, 1.54) is 4.88 Å². The Labute approximate surface area is 208 Å². The van der Waals surface area contributed by atoms with E-state index in [2.05, 4.69) is 24.4 Å². The number of aliphatic hydroxyl groups is 2. The number of fused-ring (bicyclic) bond motifs is 2. The number of aromatic nitrogens is 1. The van der Waals surface area contributed by atoms with Crippen LogP contribution >= 0.6 is 22.7 Å². The van der Waals surface area contributed by atoms with Gasteiger partial charge in [-0.1, -0.05) is 50.2 Å². The van der Waals surface area contributed by atoms with Crippen molar-refractivity contribution in [3.8, 4) is 10.6 Å². The van der Waals surface area contributed by atoms with E-state index < -0.39 is 11.5 Å². The fourth-order valence-electron chi connectivity index (χ4n) is 6.21. The number of hydrogen-bond donors (Lipinski definition) is 3. The van der Waals surface area contributed by atoms with Crippen LogP contribution in [0.25, 0.3) is 10.6 Å². The maximum atomic E-state index is 13.2. The fourth-order valence-corrected chi connectivity index (χ4v) is 8.02. The van der Waals surface area contributed by atoms with Crippen LogP contribution < -0.4 is 5.32 Å². The van der Waals surface area contributed by atoms with Gasteiger partial charge in [0.25, 0.3) is 0 Å². The topological polar surface area (TPSA) is 82.5 Å². The predicted molar refractivity (Wildman–Crippen MR) is 137 cm³/mol. The number of hydrogen-bond acceptors (Lipinski definition) is 6. The summed E-state index contributed by atoms with van der Waals surface area (Å²) < 4.78 is 0. The first-order chi connectivity index (χ1) is 16.3. The first kappa shape index (κ1) is 23.7. The van der Waals surface area contributed by atoms with Crippen LogP contribution in [-0.4, -0.2) is 33.8 Å². The minimum absolute atomic E-state index is 0.0253. The second-order valence-corrected chi connectivity index (χ2v) is 12.4. The van der Waals surface area contributed by atoms with E-state index in [0.717, 1.165) is 34.0 Å².